The van der Waals surface area contributed by atoms with Gasteiger partial charge in [-0.25, -0.2) is 0 Å². The lowest BCUT2D eigenvalue weighted by Gasteiger charge is -2.45. The maximum absolute atomic E-state index is 7.08. The summed E-state index contributed by atoms with van der Waals surface area (Å²) in [5, 5.41) is 4.67. The first kappa shape index (κ1) is 32.3. The largest absolute Gasteiger partial charge is 0.457 e. The van der Waals surface area contributed by atoms with Crippen molar-refractivity contribution < 1.29 is 9.15 Å². The van der Waals surface area contributed by atoms with Gasteiger partial charge in [0, 0.05) is 50.1 Å². The summed E-state index contributed by atoms with van der Waals surface area (Å²) >= 11 is 0. The molecule has 2 aromatic heterocycles. The molecule has 59 heavy (non-hydrogen) atoms. The van der Waals surface area contributed by atoms with Crippen LogP contribution in [0.15, 0.2) is 211 Å². The van der Waals surface area contributed by atoms with Crippen molar-refractivity contribution in [2.45, 2.75) is 5.41 Å². The summed E-state index contributed by atoms with van der Waals surface area (Å²) in [6.45, 7) is 0. The average Bonchev–Trinajstić information content (AvgIpc) is 3.86. The highest BCUT2D eigenvalue weighted by atomic mass is 16.5. The third kappa shape index (κ3) is 4.37. The molecule has 11 aromatic rings. The molecule has 2 aliphatic rings. The molecule has 0 aliphatic carbocycles. The Hall–Kier alpha value is -7.82. The van der Waals surface area contributed by atoms with Crippen molar-refractivity contribution in [3.05, 3.63) is 229 Å². The normalized spacial score (nSPS) is 15.0. The Labute approximate surface area is 340 Å². The third-order valence-corrected chi connectivity index (χ3v) is 12.6. The molecule has 0 saturated carbocycles. The Bertz CT molecular complexity index is 3490. The van der Waals surface area contributed by atoms with Gasteiger partial charge in [-0.2, -0.15) is 0 Å². The van der Waals surface area contributed by atoms with Crippen LogP contribution in [0.25, 0.3) is 60.6 Å². The van der Waals surface area contributed by atoms with E-state index >= 15 is 0 Å². The van der Waals surface area contributed by atoms with Gasteiger partial charge >= 0.3 is 0 Å². The topological polar surface area (TPSA) is 30.5 Å². The van der Waals surface area contributed by atoms with Crippen molar-refractivity contribution in [3.63, 3.8) is 0 Å². The number of anilines is 3. The minimum absolute atomic E-state index is 0.649. The van der Waals surface area contributed by atoms with E-state index in [0.29, 0.717) is 0 Å². The Morgan fingerprint density at radius 2 is 1.07 bits per heavy atom. The fourth-order valence-corrected chi connectivity index (χ4v) is 10.2. The van der Waals surface area contributed by atoms with E-state index in [9.17, 15) is 0 Å². The highest BCUT2D eigenvalue weighted by Gasteiger charge is 2.50. The van der Waals surface area contributed by atoms with Gasteiger partial charge in [0.25, 0.3) is 0 Å². The van der Waals surface area contributed by atoms with Crippen molar-refractivity contribution in [1.82, 2.24) is 4.57 Å². The van der Waals surface area contributed by atoms with Crippen LogP contribution in [-0.4, -0.2) is 4.57 Å². The molecule has 0 bridgehead atoms. The molecule has 0 saturated heterocycles. The van der Waals surface area contributed by atoms with E-state index in [1.807, 2.05) is 12.1 Å². The fourth-order valence-electron chi connectivity index (χ4n) is 10.2. The molecule has 0 N–H and O–H groups in total. The lowest BCUT2D eigenvalue weighted by molar-refractivity contribution is 0.434. The second-order valence-corrected chi connectivity index (χ2v) is 15.6. The smallest absolute Gasteiger partial charge is 0.159 e. The van der Waals surface area contributed by atoms with E-state index in [2.05, 4.69) is 204 Å². The zero-order valence-electron chi connectivity index (χ0n) is 31.8. The molecule has 4 heterocycles. The molecule has 1 spiro atoms. The summed E-state index contributed by atoms with van der Waals surface area (Å²) in [7, 11) is 0. The number of benzene rings is 9. The lowest BCUT2D eigenvalue weighted by Crippen LogP contribution is -2.37. The first-order valence-corrected chi connectivity index (χ1v) is 20.2. The van der Waals surface area contributed by atoms with Gasteiger partial charge in [-0.05, 0) is 70.8 Å². The van der Waals surface area contributed by atoms with Gasteiger partial charge in [0.2, 0.25) is 0 Å². The summed E-state index contributed by atoms with van der Waals surface area (Å²) in [6.07, 6.45) is 0. The highest BCUT2D eigenvalue weighted by molar-refractivity contribution is 6.13. The summed E-state index contributed by atoms with van der Waals surface area (Å²) in [5.41, 5.74) is 14.7. The summed E-state index contributed by atoms with van der Waals surface area (Å²) < 4.78 is 16.3. The van der Waals surface area contributed by atoms with Crippen LogP contribution in [0.2, 0.25) is 0 Å². The Morgan fingerprint density at radius 3 is 1.97 bits per heavy atom. The SMILES string of the molecule is c1ccc(-c2ccc(N(c3ccc4c(c3)Oc3ccccc3C43c4ccccc4-n4c5ccccc5c5cccc3c54)c3cccc4c3oc3ccccc34)cc2)cc1. The molecule has 1 unspecified atom stereocenters. The fraction of sp³-hybridized carbons (Fsp3) is 0.0182. The Morgan fingerprint density at radius 1 is 0.424 bits per heavy atom. The third-order valence-electron chi connectivity index (χ3n) is 12.6. The quantitative estimate of drug-likeness (QED) is 0.179. The minimum atomic E-state index is -0.649. The van der Waals surface area contributed by atoms with E-state index in [1.54, 1.807) is 0 Å². The summed E-state index contributed by atoms with van der Waals surface area (Å²) in [4.78, 5) is 2.31. The number of rotatable bonds is 4. The molecule has 0 fully saturated rings. The molecule has 9 aromatic carbocycles. The molecule has 2 aliphatic heterocycles. The molecule has 0 radical (unpaired) electrons. The molecular formula is C55H34N2O2. The van der Waals surface area contributed by atoms with Gasteiger partial charge in [-0.15, -0.1) is 0 Å². The van der Waals surface area contributed by atoms with Crippen molar-refractivity contribution >= 4 is 60.8 Å². The molecule has 0 amide bonds. The number of hydrogen-bond donors (Lipinski definition) is 0. The first-order chi connectivity index (χ1) is 29.3. The van der Waals surface area contributed by atoms with Gasteiger partial charge in [-0.1, -0.05) is 152 Å². The molecule has 13 rings (SSSR count). The van der Waals surface area contributed by atoms with Gasteiger partial charge < -0.3 is 18.6 Å². The summed E-state index contributed by atoms with van der Waals surface area (Å²) in [5.74, 6) is 1.67. The number of fused-ring (bicyclic) bond motifs is 14. The van der Waals surface area contributed by atoms with Gasteiger partial charge in [0.1, 0.15) is 17.1 Å². The molecule has 4 nitrogen and oxygen atoms in total. The maximum atomic E-state index is 7.08. The maximum Gasteiger partial charge on any atom is 0.159 e. The van der Waals surface area contributed by atoms with Crippen LogP contribution in [0.5, 0.6) is 11.5 Å². The van der Waals surface area contributed by atoms with E-state index in [1.165, 1.54) is 44.2 Å². The monoisotopic (exact) mass is 754 g/mol. The summed E-state index contributed by atoms with van der Waals surface area (Å²) in [6, 6.07) is 74.0. The van der Waals surface area contributed by atoms with Gasteiger partial charge in [0.05, 0.1) is 27.8 Å². The molecular weight excluding hydrogens is 721 g/mol. The predicted octanol–water partition coefficient (Wildman–Crippen LogP) is 14.6. The highest BCUT2D eigenvalue weighted by Crippen LogP contribution is 2.61. The standard InChI is InChI=1S/C55H34N2O2/c1-2-14-35(15-3-1)36-28-30-37(31-29-36)56(49-25-13-19-42-40-17-5-10-26-50(40)59-54(42)49)38-32-33-45-52(34-38)58-51-27-11-7-21-44(51)55(45)43-20-6-9-24-48(43)57-47-23-8-4-16-39(47)41-18-12-22-46(55)53(41)57/h1-34H. The zero-order valence-corrected chi connectivity index (χ0v) is 31.8. The van der Waals surface area contributed by atoms with E-state index in [-0.39, 0.29) is 0 Å². The second-order valence-electron chi connectivity index (χ2n) is 15.6. The Kier molecular flexibility index (Phi) is 6.62. The van der Waals surface area contributed by atoms with Crippen LogP contribution in [0.4, 0.5) is 17.1 Å². The van der Waals surface area contributed by atoms with Crippen molar-refractivity contribution in [2.75, 3.05) is 4.90 Å². The van der Waals surface area contributed by atoms with Crippen LogP contribution in [0.3, 0.4) is 0 Å². The number of nitrogens with zero attached hydrogens (tertiary/aromatic N) is 2. The molecule has 276 valence electrons. The first-order valence-electron chi connectivity index (χ1n) is 20.2. The van der Waals surface area contributed by atoms with Crippen LogP contribution < -0.4 is 9.64 Å². The zero-order chi connectivity index (χ0) is 38.7. The molecule has 1 atom stereocenters. The van der Waals surface area contributed by atoms with Crippen molar-refractivity contribution in [2.24, 2.45) is 0 Å². The number of ether oxygens (including phenoxy) is 1. The van der Waals surface area contributed by atoms with Crippen molar-refractivity contribution in [3.8, 4) is 28.3 Å². The number of aromatic nitrogens is 1. The number of furan rings is 1. The number of hydrogen-bond acceptors (Lipinski definition) is 3. The minimum Gasteiger partial charge on any atom is -0.457 e. The van der Waals surface area contributed by atoms with Crippen LogP contribution in [-0.2, 0) is 5.41 Å². The van der Waals surface area contributed by atoms with E-state index < -0.39 is 5.41 Å². The van der Waals surface area contributed by atoms with Crippen LogP contribution in [0.1, 0.15) is 22.3 Å². The van der Waals surface area contributed by atoms with Crippen LogP contribution in [0, 0.1) is 0 Å². The predicted molar refractivity (Wildman–Crippen MR) is 240 cm³/mol. The average molecular weight is 755 g/mol. The van der Waals surface area contributed by atoms with Gasteiger partial charge in [0.15, 0.2) is 5.58 Å². The lowest BCUT2D eigenvalue weighted by atomic mass is 9.62. The second kappa shape index (κ2) is 12.1. The van der Waals surface area contributed by atoms with E-state index in [4.69, 9.17) is 9.15 Å². The number of para-hydroxylation sites is 6. The van der Waals surface area contributed by atoms with E-state index in [0.717, 1.165) is 67.2 Å². The van der Waals surface area contributed by atoms with Crippen molar-refractivity contribution in [1.29, 1.82) is 0 Å². The molecule has 4 heteroatoms. The van der Waals surface area contributed by atoms with Crippen LogP contribution >= 0.6 is 0 Å². The Balaban J connectivity index is 1.08. The van der Waals surface area contributed by atoms with Gasteiger partial charge in [-0.3, -0.25) is 0 Å².